The number of nitrogens with zero attached hydrogens (tertiary/aromatic N) is 3. The predicted octanol–water partition coefficient (Wildman–Crippen LogP) is -1.96. The van der Waals surface area contributed by atoms with Crippen molar-refractivity contribution in [3.05, 3.63) is 107 Å². The smallest absolute Gasteiger partial charge is 1.00 e. The minimum atomic E-state index is -0.962. The number of hydrogen-bond donors (Lipinski definition) is 5. The molecule has 2 aliphatic heterocycles. The number of fused-ring (bicyclic) bond motifs is 8. The van der Waals surface area contributed by atoms with Crippen molar-refractivity contribution in [3.8, 4) is 0 Å². The van der Waals surface area contributed by atoms with Crippen LogP contribution in [0.1, 0.15) is 97.2 Å². The molecule has 0 aliphatic carbocycles. The van der Waals surface area contributed by atoms with E-state index in [1.54, 1.807) is 13.1 Å². The number of H-pyrrole nitrogens is 3. The number of aryl methyl sites for hydroxylation is 2. The summed E-state index contributed by atoms with van der Waals surface area (Å²) in [5.41, 5.74) is 14.8. The van der Waals surface area contributed by atoms with Gasteiger partial charge in [-0.1, -0.05) is 18.7 Å². The standard InChI is InChI=1S/C46H52N8O6.Fe.3HI/c1-9-12-31-26(5)36-19-38-30(10-2)25(4)34(50-38)18-35-28(7)33(14-16-45(57)60-11-3)41(51-35)21-40-32(27(6)37(53-40)20-39(31)52-36)13-15-43(55)48-23-44(56)54-42(46(58)59-8)17-29-22-47-24-49-29;;;;/h9-10,18-22,24,42,50,52H,1-2,11-17,23H2,3-8H3,(H,47,49)(H,48,55)(H,54,56);;3*1H/q;+3;;;/p-3. The van der Waals surface area contributed by atoms with Gasteiger partial charge in [0.25, 0.3) is 0 Å². The van der Waals surface area contributed by atoms with Crippen molar-refractivity contribution >= 4 is 74.2 Å². The first-order valence-electron chi connectivity index (χ1n) is 20.0. The van der Waals surface area contributed by atoms with Gasteiger partial charge < -0.3 is 107 Å². The summed E-state index contributed by atoms with van der Waals surface area (Å²) < 4.78 is 10.1. The van der Waals surface area contributed by atoms with Gasteiger partial charge in [-0.05, 0) is 117 Å². The number of aromatic nitrogens is 6. The first-order valence-corrected chi connectivity index (χ1v) is 20.0. The molecular weight excluding hydrogens is 1200 g/mol. The van der Waals surface area contributed by atoms with Crippen molar-refractivity contribution in [1.29, 1.82) is 0 Å². The minimum Gasteiger partial charge on any atom is -1.00 e. The van der Waals surface area contributed by atoms with E-state index in [9.17, 15) is 19.2 Å². The molecule has 0 aromatic carbocycles. The first kappa shape index (κ1) is 56.0. The van der Waals surface area contributed by atoms with E-state index in [-0.39, 0.29) is 127 Å². The number of halogens is 3. The molecular formula is C46H52FeI3N8O6. The summed E-state index contributed by atoms with van der Waals surface area (Å²) >= 11 is 0. The molecule has 4 aromatic heterocycles. The van der Waals surface area contributed by atoms with Crippen LogP contribution in [0.2, 0.25) is 0 Å². The third-order valence-corrected chi connectivity index (χ3v) is 11.0. The van der Waals surface area contributed by atoms with E-state index in [0.717, 1.165) is 78.0 Å². The van der Waals surface area contributed by atoms with Gasteiger partial charge in [0.05, 0.1) is 49.4 Å². The predicted molar refractivity (Wildman–Crippen MR) is 234 cm³/mol. The average molecular weight is 1250 g/mol. The van der Waals surface area contributed by atoms with Crippen LogP contribution in [0.25, 0.3) is 50.4 Å². The second-order valence-electron chi connectivity index (χ2n) is 14.8. The number of imidazole rings is 1. The third-order valence-electron chi connectivity index (χ3n) is 11.0. The molecule has 5 N–H and O–H groups in total. The number of esters is 2. The van der Waals surface area contributed by atoms with Crippen LogP contribution < -0.4 is 82.6 Å². The van der Waals surface area contributed by atoms with Crippen molar-refractivity contribution < 1.29 is 118 Å². The molecule has 0 fully saturated rings. The largest absolute Gasteiger partial charge is 3.00 e. The fraction of sp³-hybridized carbons (Fsp3) is 0.326. The van der Waals surface area contributed by atoms with Gasteiger partial charge in [-0.2, -0.15) is 0 Å². The maximum absolute atomic E-state index is 13.3. The van der Waals surface area contributed by atoms with Crippen LogP contribution in [0.3, 0.4) is 0 Å². The molecule has 8 bridgehead atoms. The van der Waals surface area contributed by atoms with Crippen LogP contribution in [0, 0.1) is 13.8 Å². The van der Waals surface area contributed by atoms with E-state index in [2.05, 4.69) is 63.6 Å². The zero-order valence-corrected chi connectivity index (χ0v) is 44.1. The van der Waals surface area contributed by atoms with Gasteiger partial charge in [0.1, 0.15) is 6.04 Å². The fourth-order valence-corrected chi connectivity index (χ4v) is 7.65. The van der Waals surface area contributed by atoms with Gasteiger partial charge in [-0.15, -0.1) is 6.58 Å². The molecule has 6 heterocycles. The van der Waals surface area contributed by atoms with Gasteiger partial charge in [0.15, 0.2) is 0 Å². The molecule has 64 heavy (non-hydrogen) atoms. The van der Waals surface area contributed by atoms with E-state index in [4.69, 9.17) is 19.4 Å². The van der Waals surface area contributed by atoms with Crippen LogP contribution in [0.15, 0.2) is 56.0 Å². The molecule has 0 spiro atoms. The normalized spacial score (nSPS) is 12.1. The molecule has 341 valence electrons. The zero-order valence-electron chi connectivity index (χ0n) is 36.5. The Morgan fingerprint density at radius 2 is 1.41 bits per heavy atom. The Kier molecular flexibility index (Phi) is 22.4. The Balaban J connectivity index is 0.00000352. The number of amides is 2. The molecule has 4 aromatic rings. The van der Waals surface area contributed by atoms with Gasteiger partial charge in [-0.3, -0.25) is 14.4 Å². The van der Waals surface area contributed by atoms with Gasteiger partial charge >= 0.3 is 29.0 Å². The van der Waals surface area contributed by atoms with Crippen LogP contribution in [0.4, 0.5) is 0 Å². The van der Waals surface area contributed by atoms with Crippen molar-refractivity contribution in [2.45, 2.75) is 79.2 Å². The molecule has 0 saturated carbocycles. The topological polar surface area (TPSA) is 197 Å². The number of aromatic amines is 3. The Morgan fingerprint density at radius 3 is 1.98 bits per heavy atom. The molecule has 1 atom stereocenters. The summed E-state index contributed by atoms with van der Waals surface area (Å²) in [5.74, 6) is -1.81. The Labute approximate surface area is 434 Å². The Bertz CT molecular complexity index is 2620. The van der Waals surface area contributed by atoms with Gasteiger partial charge in [0.2, 0.25) is 11.8 Å². The second-order valence-corrected chi connectivity index (χ2v) is 14.8. The second kappa shape index (κ2) is 25.5. The number of carbonyl (C=O) groups excluding carboxylic acids is 4. The van der Waals surface area contributed by atoms with E-state index < -0.39 is 17.9 Å². The molecule has 18 heteroatoms. The maximum Gasteiger partial charge on any atom is 3.00 e. The number of methoxy groups -OCH3 is 1. The Morgan fingerprint density at radius 1 is 0.797 bits per heavy atom. The average Bonchev–Trinajstić information content (AvgIpc) is 4.03. The maximum atomic E-state index is 13.3. The summed E-state index contributed by atoms with van der Waals surface area (Å²) in [6.07, 6.45) is 8.50. The molecule has 6 rings (SSSR count). The minimum absolute atomic E-state index is 0. The van der Waals surface area contributed by atoms with Crippen molar-refractivity contribution in [2.75, 3.05) is 20.3 Å². The SMILES string of the molecule is C=CCc1c(C)c2cc3[nH]c(cc4nc(cc5nc(cc1[nH]2)C(C)=C5CCC(=O)NCC(=O)NC(Cc1cnc[nH]1)C(=O)OC)C(CCC(=O)OCC)=C4C)c(C)c3C=C.[Fe+3].[I-].[I-].[I-]. The first-order chi connectivity index (χ1) is 28.8. The molecule has 14 nitrogen and oxygen atoms in total. The monoisotopic (exact) mass is 1250 g/mol. The summed E-state index contributed by atoms with van der Waals surface area (Å²) in [5, 5.41) is 5.32. The van der Waals surface area contributed by atoms with Crippen LogP contribution >= 0.6 is 0 Å². The van der Waals surface area contributed by atoms with Crippen LogP contribution in [0.5, 0.6) is 0 Å². The Hall–Kier alpha value is -4.12. The van der Waals surface area contributed by atoms with Crippen molar-refractivity contribution in [3.63, 3.8) is 0 Å². The van der Waals surface area contributed by atoms with E-state index >= 15 is 0 Å². The van der Waals surface area contributed by atoms with Crippen LogP contribution in [-0.4, -0.2) is 80.0 Å². The number of carbonyl (C=O) groups is 4. The van der Waals surface area contributed by atoms with Crippen molar-refractivity contribution in [1.82, 2.24) is 40.5 Å². The number of ether oxygens (including phenoxy) is 2. The third kappa shape index (κ3) is 13.0. The summed E-state index contributed by atoms with van der Waals surface area (Å²) in [6.45, 7) is 18.0. The molecule has 0 saturated heterocycles. The molecule has 1 radical (unpaired) electrons. The molecule has 2 aliphatic rings. The number of nitrogens with one attached hydrogen (secondary N) is 5. The fourth-order valence-electron chi connectivity index (χ4n) is 7.65. The van der Waals surface area contributed by atoms with Gasteiger partial charge in [0, 0.05) is 58.8 Å². The van der Waals surface area contributed by atoms with E-state index in [1.165, 1.54) is 13.4 Å². The molecule has 2 amide bonds. The number of hydrogen-bond acceptors (Lipinski definition) is 9. The number of allylic oxidation sites excluding steroid dienone is 5. The van der Waals surface area contributed by atoms with Gasteiger partial charge in [-0.25, -0.2) is 19.7 Å². The summed E-state index contributed by atoms with van der Waals surface area (Å²) in [4.78, 5) is 75.5. The number of rotatable bonds is 16. The summed E-state index contributed by atoms with van der Waals surface area (Å²) in [6, 6.07) is 7.12. The quantitative estimate of drug-likeness (QED) is 0.0367. The van der Waals surface area contributed by atoms with E-state index in [0.29, 0.717) is 43.0 Å². The zero-order chi connectivity index (χ0) is 43.1. The van der Waals surface area contributed by atoms with Crippen LogP contribution in [-0.2, 0) is 58.6 Å². The summed E-state index contributed by atoms with van der Waals surface area (Å²) in [7, 11) is 1.24. The molecule has 1 unspecified atom stereocenters. The van der Waals surface area contributed by atoms with Crippen molar-refractivity contribution in [2.24, 2.45) is 0 Å². The van der Waals surface area contributed by atoms with E-state index in [1.807, 2.05) is 44.2 Å².